The van der Waals surface area contributed by atoms with Gasteiger partial charge in [0.25, 0.3) is 0 Å². The molecule has 2 aromatic carbocycles. The number of carboxylic acids is 1. The summed E-state index contributed by atoms with van der Waals surface area (Å²) in [6.07, 6.45) is -0.629. The number of pyridine rings is 1. The molecule has 0 aliphatic carbocycles. The topological polar surface area (TPSA) is 83.0 Å². The molecule has 0 unspecified atom stereocenters. The van der Waals surface area contributed by atoms with Crippen LogP contribution in [0.15, 0.2) is 67.0 Å². The molecule has 0 saturated carbocycles. The van der Waals surface area contributed by atoms with Gasteiger partial charge >= 0.3 is 18.2 Å². The van der Waals surface area contributed by atoms with Gasteiger partial charge in [0.05, 0.1) is 17.7 Å². The second kappa shape index (κ2) is 9.51. The van der Waals surface area contributed by atoms with Gasteiger partial charge in [-0.1, -0.05) is 12.1 Å². The fourth-order valence-corrected chi connectivity index (χ4v) is 4.93. The number of hydrogen-bond acceptors (Lipinski definition) is 5. The molecule has 2 saturated heterocycles. The average Bonchev–Trinajstić information content (AvgIpc) is 3.21. The van der Waals surface area contributed by atoms with Gasteiger partial charge in [-0.2, -0.15) is 13.2 Å². The molecule has 5 rings (SSSR count). The number of amides is 1. The summed E-state index contributed by atoms with van der Waals surface area (Å²) in [4.78, 5) is 31.4. The van der Waals surface area contributed by atoms with E-state index in [0.29, 0.717) is 55.8 Å². The molecule has 1 amide bonds. The van der Waals surface area contributed by atoms with Crippen molar-refractivity contribution in [1.29, 1.82) is 0 Å². The number of hydrogen-bond donors (Lipinski definition) is 1. The number of aromatic carboxylic acids is 1. The minimum Gasteiger partial charge on any atom is -0.478 e. The number of nitrogens with zero attached hydrogens (tertiary/aromatic N) is 3. The number of likely N-dealkylation sites (tertiary alicyclic amines) is 1. The molecule has 3 heterocycles. The maximum atomic E-state index is 13.4. The molecule has 10 heteroatoms. The Balaban J connectivity index is 1.30. The molecule has 1 spiro atoms. The lowest BCUT2D eigenvalue weighted by Gasteiger charge is -2.37. The maximum absolute atomic E-state index is 13.4. The third-order valence-electron chi connectivity index (χ3n) is 6.96. The number of alkyl halides is 3. The Bertz CT molecular complexity index is 1300. The summed E-state index contributed by atoms with van der Waals surface area (Å²) >= 11 is 0. The number of aromatic nitrogens is 1. The van der Waals surface area contributed by atoms with Crippen LogP contribution in [0.25, 0.3) is 11.1 Å². The van der Waals surface area contributed by atoms with Crippen LogP contribution in [0.1, 0.15) is 34.3 Å². The average molecular weight is 512 g/mol. The number of anilines is 1. The van der Waals surface area contributed by atoms with Crippen LogP contribution in [0, 0.1) is 0 Å². The fraction of sp³-hybridized carbons (Fsp3) is 0.296. The van der Waals surface area contributed by atoms with Crippen LogP contribution in [-0.4, -0.2) is 52.3 Å². The first-order valence-electron chi connectivity index (χ1n) is 11.8. The molecule has 7 nitrogen and oxygen atoms in total. The Morgan fingerprint density at radius 3 is 2.43 bits per heavy atom. The zero-order valence-corrected chi connectivity index (χ0v) is 19.7. The number of rotatable bonds is 5. The van der Waals surface area contributed by atoms with Gasteiger partial charge in [-0.25, -0.2) is 9.59 Å². The molecule has 2 fully saturated rings. The van der Waals surface area contributed by atoms with Crippen LogP contribution in [-0.2, 0) is 17.5 Å². The second-order valence-electron chi connectivity index (χ2n) is 9.38. The van der Waals surface area contributed by atoms with Crippen LogP contribution in [0.3, 0.4) is 0 Å². The van der Waals surface area contributed by atoms with Crippen LogP contribution in [0.5, 0.6) is 0 Å². The molecule has 0 bridgehead atoms. The molecule has 37 heavy (non-hydrogen) atoms. The van der Waals surface area contributed by atoms with E-state index in [1.165, 1.54) is 29.2 Å². The van der Waals surface area contributed by atoms with Gasteiger partial charge in [-0.05, 0) is 53.6 Å². The van der Waals surface area contributed by atoms with Crippen molar-refractivity contribution >= 4 is 17.7 Å². The van der Waals surface area contributed by atoms with Gasteiger partial charge in [0, 0.05) is 56.1 Å². The molecule has 192 valence electrons. The Hall–Kier alpha value is -3.92. The van der Waals surface area contributed by atoms with Crippen molar-refractivity contribution in [2.45, 2.75) is 31.2 Å². The third-order valence-corrected chi connectivity index (χ3v) is 6.96. The van der Waals surface area contributed by atoms with E-state index < -0.39 is 29.4 Å². The molecule has 1 N–H and O–H groups in total. The smallest absolute Gasteiger partial charge is 0.416 e. The van der Waals surface area contributed by atoms with E-state index in [0.717, 1.165) is 11.6 Å². The lowest BCUT2D eigenvalue weighted by molar-refractivity contribution is -0.137. The number of ether oxygens (including phenoxy) is 1. The maximum Gasteiger partial charge on any atom is 0.416 e. The highest BCUT2D eigenvalue weighted by Gasteiger charge is 2.47. The minimum absolute atomic E-state index is 0.125. The SMILES string of the molecule is O=C(O)c1ccc(N2CC3(CCN(Cc4cc(C(F)(F)F)ccc4-c4cccnc4)CC3)OC2=O)cc1. The van der Waals surface area contributed by atoms with E-state index in [4.69, 9.17) is 9.84 Å². The van der Waals surface area contributed by atoms with Crippen molar-refractivity contribution in [3.8, 4) is 11.1 Å². The molecule has 0 atom stereocenters. The standard InChI is InChI=1S/C27H24F3N3O4/c28-27(29,30)21-5-8-23(19-2-1-11-31-15-19)20(14-21)16-32-12-9-26(10-13-32)17-33(25(36)37-26)22-6-3-18(4-7-22)24(34)35/h1-8,11,14-15H,9-10,12-13,16-17H2,(H,34,35). The van der Waals surface area contributed by atoms with Gasteiger partial charge in [-0.3, -0.25) is 14.8 Å². The Morgan fingerprint density at radius 2 is 1.81 bits per heavy atom. The van der Waals surface area contributed by atoms with Crippen molar-refractivity contribution in [3.63, 3.8) is 0 Å². The van der Waals surface area contributed by atoms with E-state index >= 15 is 0 Å². The van der Waals surface area contributed by atoms with Crippen molar-refractivity contribution in [1.82, 2.24) is 9.88 Å². The molecule has 1 aromatic heterocycles. The number of carboxylic acid groups (broad SMARTS) is 1. The first-order chi connectivity index (χ1) is 17.6. The molecular formula is C27H24F3N3O4. The van der Waals surface area contributed by atoms with Crippen molar-refractivity contribution < 1.29 is 32.6 Å². The highest BCUT2D eigenvalue weighted by molar-refractivity contribution is 5.92. The lowest BCUT2D eigenvalue weighted by Crippen LogP contribution is -2.46. The van der Waals surface area contributed by atoms with Gasteiger partial charge in [-0.15, -0.1) is 0 Å². The summed E-state index contributed by atoms with van der Waals surface area (Å²) in [5.41, 5.74) is 1.29. The zero-order valence-electron chi connectivity index (χ0n) is 19.7. The van der Waals surface area contributed by atoms with Crippen LogP contribution < -0.4 is 4.90 Å². The molecule has 0 radical (unpaired) electrons. The highest BCUT2D eigenvalue weighted by Crippen LogP contribution is 2.38. The third kappa shape index (κ3) is 5.15. The Labute approximate surface area is 211 Å². The summed E-state index contributed by atoms with van der Waals surface area (Å²) in [6.45, 7) is 1.73. The molecular weight excluding hydrogens is 487 g/mol. The fourth-order valence-electron chi connectivity index (χ4n) is 4.93. The normalized spacial score (nSPS) is 17.7. The van der Waals surface area contributed by atoms with Gasteiger partial charge in [0.2, 0.25) is 0 Å². The first-order valence-corrected chi connectivity index (χ1v) is 11.8. The molecule has 2 aliphatic heterocycles. The van der Waals surface area contributed by atoms with E-state index in [2.05, 4.69) is 9.88 Å². The Morgan fingerprint density at radius 1 is 1.08 bits per heavy atom. The van der Waals surface area contributed by atoms with Gasteiger partial charge < -0.3 is 9.84 Å². The summed E-state index contributed by atoms with van der Waals surface area (Å²) in [7, 11) is 0. The summed E-state index contributed by atoms with van der Waals surface area (Å²) in [5.74, 6) is -1.05. The highest BCUT2D eigenvalue weighted by atomic mass is 19.4. The van der Waals surface area contributed by atoms with Crippen molar-refractivity contribution in [2.24, 2.45) is 0 Å². The predicted octanol–water partition coefficient (Wildman–Crippen LogP) is 5.46. The zero-order chi connectivity index (χ0) is 26.2. The quantitative estimate of drug-likeness (QED) is 0.490. The van der Waals surface area contributed by atoms with E-state index in [-0.39, 0.29) is 5.56 Å². The van der Waals surface area contributed by atoms with E-state index in [1.54, 1.807) is 30.6 Å². The first kappa shape index (κ1) is 24.8. The van der Waals surface area contributed by atoms with Crippen LogP contribution in [0.4, 0.5) is 23.7 Å². The number of halogens is 3. The summed E-state index contributed by atoms with van der Waals surface area (Å²) in [6, 6.07) is 13.4. The summed E-state index contributed by atoms with van der Waals surface area (Å²) in [5, 5.41) is 9.09. The number of carbonyl (C=O) groups excluding carboxylic acids is 1. The number of benzene rings is 2. The van der Waals surface area contributed by atoms with Crippen LogP contribution in [0.2, 0.25) is 0 Å². The number of piperidine rings is 1. The second-order valence-corrected chi connectivity index (χ2v) is 9.38. The largest absolute Gasteiger partial charge is 0.478 e. The molecule has 2 aliphatic rings. The van der Waals surface area contributed by atoms with E-state index in [1.807, 2.05) is 6.07 Å². The summed E-state index contributed by atoms with van der Waals surface area (Å²) < 4.78 is 46.1. The predicted molar refractivity (Wildman–Crippen MR) is 129 cm³/mol. The van der Waals surface area contributed by atoms with Crippen molar-refractivity contribution in [3.05, 3.63) is 83.7 Å². The monoisotopic (exact) mass is 511 g/mol. The lowest BCUT2D eigenvalue weighted by atomic mass is 9.90. The van der Waals surface area contributed by atoms with Gasteiger partial charge in [0.15, 0.2) is 0 Å². The van der Waals surface area contributed by atoms with Gasteiger partial charge in [0.1, 0.15) is 5.60 Å². The van der Waals surface area contributed by atoms with Crippen molar-refractivity contribution in [2.75, 3.05) is 24.5 Å². The molecule has 3 aromatic rings. The Kier molecular flexibility index (Phi) is 6.36. The van der Waals surface area contributed by atoms with E-state index in [9.17, 15) is 22.8 Å². The van der Waals surface area contributed by atoms with Crippen LogP contribution >= 0.6 is 0 Å². The number of carbonyl (C=O) groups is 2. The minimum atomic E-state index is -4.45.